The zero-order valence-corrected chi connectivity index (χ0v) is 22.8. The number of cyclic esters (lactones) is 1. The van der Waals surface area contributed by atoms with E-state index in [0.717, 1.165) is 43.0 Å². The molecule has 8 nitrogen and oxygen atoms in total. The zero-order chi connectivity index (χ0) is 28.8. The largest absolute Gasteiger partial charge is 0.507 e. The predicted molar refractivity (Wildman–Crippen MR) is 146 cm³/mol. The molecule has 0 spiro atoms. The molecule has 3 fully saturated rings. The lowest BCUT2D eigenvalue weighted by Crippen LogP contribution is -2.38. The van der Waals surface area contributed by atoms with E-state index < -0.39 is 29.9 Å². The molecule has 3 aromatic rings. The minimum atomic E-state index is -1.01. The Balaban J connectivity index is 1.32. The number of esters is 1. The molecular weight excluding hydrogens is 532 g/mol. The number of ether oxygens (including phenoxy) is 2. The van der Waals surface area contributed by atoms with E-state index in [1.165, 1.54) is 11.0 Å². The van der Waals surface area contributed by atoms with Crippen molar-refractivity contribution in [2.75, 3.05) is 24.6 Å². The molecule has 0 radical (unpaired) electrons. The van der Waals surface area contributed by atoms with E-state index in [4.69, 9.17) is 14.5 Å². The van der Waals surface area contributed by atoms with Crippen molar-refractivity contribution < 1.29 is 33.0 Å². The molecule has 2 saturated heterocycles. The molecule has 10 heteroatoms. The Morgan fingerprint density at radius 3 is 2.56 bits per heavy atom. The molecule has 1 N–H and O–H groups in total. The summed E-state index contributed by atoms with van der Waals surface area (Å²) in [5, 5.41) is 10.9. The number of rotatable bonds is 8. The summed E-state index contributed by atoms with van der Waals surface area (Å²) in [6.07, 6.45) is 0.370. The molecule has 3 heterocycles. The van der Waals surface area contributed by atoms with Crippen LogP contribution in [0.5, 0.6) is 5.75 Å². The fraction of sp³-hybridized carbons (Fsp3) is 0.387. The summed E-state index contributed by atoms with van der Waals surface area (Å²) in [5.41, 5.74) is 3.04. The summed E-state index contributed by atoms with van der Waals surface area (Å²) >= 11 is 0. The molecule has 214 valence electrons. The van der Waals surface area contributed by atoms with Gasteiger partial charge in [0.25, 0.3) is 0 Å². The number of hydrogen-bond acceptors (Lipinski definition) is 7. The SMILES string of the molecule is CCOC(=O)C1C[C@H]1c1ccc(O)c(-c2ccc(N3CCC3)nc2CN2C(=O)O[C@H](c3ccc(F)c(F)c3)[C@@H]2C)c1. The maximum absolute atomic E-state index is 13.9. The van der Waals surface area contributed by atoms with Crippen LogP contribution in [0, 0.1) is 17.6 Å². The Morgan fingerprint density at radius 1 is 1.07 bits per heavy atom. The van der Waals surface area contributed by atoms with Gasteiger partial charge in [0, 0.05) is 24.2 Å². The first kappa shape index (κ1) is 27.0. The number of nitrogens with zero attached hydrogens (tertiary/aromatic N) is 3. The van der Waals surface area contributed by atoms with Crippen molar-refractivity contribution in [3.8, 4) is 16.9 Å². The molecule has 1 aromatic heterocycles. The number of carbonyl (C=O) groups is 2. The molecular formula is C31H31F2N3O5. The first-order valence-corrected chi connectivity index (χ1v) is 13.9. The van der Waals surface area contributed by atoms with Gasteiger partial charge in [-0.15, -0.1) is 0 Å². The van der Waals surface area contributed by atoms with Crippen LogP contribution in [0.15, 0.2) is 48.5 Å². The molecule has 2 aliphatic heterocycles. The standard InChI is InChI=1S/C31H31F2N3O5/c1-3-40-30(38)23-15-21(23)18-6-9-27(37)22(13-18)20-7-10-28(35-11-4-12-35)34-26(20)16-36-17(2)29(41-31(36)39)19-5-8-24(32)25(33)14-19/h5-10,13-14,17,21,23,29,37H,3-4,11-12,15-16H2,1-2H3/t17-,21-,23?,29-/m0/s1. The van der Waals surface area contributed by atoms with Gasteiger partial charge in [0.05, 0.1) is 30.8 Å². The van der Waals surface area contributed by atoms with Crippen LogP contribution in [0.2, 0.25) is 0 Å². The fourth-order valence-electron chi connectivity index (χ4n) is 5.66. The van der Waals surface area contributed by atoms with Crippen molar-refractivity contribution in [2.45, 2.75) is 51.3 Å². The van der Waals surface area contributed by atoms with Crippen LogP contribution in [0.3, 0.4) is 0 Å². The van der Waals surface area contributed by atoms with E-state index in [0.29, 0.717) is 35.4 Å². The first-order chi connectivity index (χ1) is 19.7. The summed E-state index contributed by atoms with van der Waals surface area (Å²) < 4.78 is 38.3. The van der Waals surface area contributed by atoms with Crippen LogP contribution in [-0.2, 0) is 20.8 Å². The Bertz CT molecular complexity index is 1510. The number of aromatic hydroxyl groups is 1. The minimum absolute atomic E-state index is 0.00983. The van der Waals surface area contributed by atoms with Gasteiger partial charge in [-0.2, -0.15) is 0 Å². The normalized spacial score (nSPS) is 23.3. The van der Waals surface area contributed by atoms with E-state index in [2.05, 4.69) is 4.90 Å². The quantitative estimate of drug-likeness (QED) is 0.352. The van der Waals surface area contributed by atoms with Crippen molar-refractivity contribution in [1.29, 1.82) is 0 Å². The van der Waals surface area contributed by atoms with Gasteiger partial charge in [-0.25, -0.2) is 18.6 Å². The highest BCUT2D eigenvalue weighted by atomic mass is 19.2. The summed E-state index contributed by atoms with van der Waals surface area (Å²) in [4.78, 5) is 33.8. The molecule has 1 aliphatic carbocycles. The molecule has 2 aromatic carbocycles. The number of phenols is 1. The van der Waals surface area contributed by atoms with Gasteiger partial charge in [-0.1, -0.05) is 12.1 Å². The van der Waals surface area contributed by atoms with Crippen molar-refractivity contribution in [3.05, 3.63) is 77.0 Å². The monoisotopic (exact) mass is 563 g/mol. The van der Waals surface area contributed by atoms with Gasteiger partial charge >= 0.3 is 12.1 Å². The molecule has 1 unspecified atom stereocenters. The summed E-state index contributed by atoms with van der Waals surface area (Å²) in [5.74, 6) is -1.56. The number of anilines is 1. The predicted octanol–water partition coefficient (Wildman–Crippen LogP) is 5.69. The maximum atomic E-state index is 13.9. The van der Waals surface area contributed by atoms with E-state index in [-0.39, 0.29) is 30.1 Å². The average Bonchev–Trinajstić information content (AvgIpc) is 3.67. The molecule has 6 rings (SSSR count). The highest BCUT2D eigenvalue weighted by Gasteiger charge is 2.45. The number of benzene rings is 2. The smallest absolute Gasteiger partial charge is 0.411 e. The number of aromatic nitrogens is 1. The minimum Gasteiger partial charge on any atom is -0.507 e. The van der Waals surface area contributed by atoms with Crippen LogP contribution >= 0.6 is 0 Å². The van der Waals surface area contributed by atoms with Crippen LogP contribution in [-0.4, -0.2) is 52.8 Å². The van der Waals surface area contributed by atoms with Crippen molar-refractivity contribution in [1.82, 2.24) is 9.88 Å². The molecule has 1 saturated carbocycles. The molecule has 4 atom stereocenters. The number of pyridine rings is 1. The Labute approximate surface area is 236 Å². The lowest BCUT2D eigenvalue weighted by atomic mass is 9.97. The number of amides is 1. The Morgan fingerprint density at radius 2 is 1.85 bits per heavy atom. The Hall–Kier alpha value is -4.21. The second-order valence-corrected chi connectivity index (χ2v) is 10.8. The molecule has 0 bridgehead atoms. The topological polar surface area (TPSA) is 92.2 Å². The maximum Gasteiger partial charge on any atom is 0.411 e. The third kappa shape index (κ3) is 5.07. The Kier molecular flexibility index (Phi) is 7.01. The second kappa shape index (κ2) is 10.6. The van der Waals surface area contributed by atoms with Crippen molar-refractivity contribution in [3.63, 3.8) is 0 Å². The average molecular weight is 564 g/mol. The zero-order valence-electron chi connectivity index (χ0n) is 22.8. The van der Waals surface area contributed by atoms with E-state index in [9.17, 15) is 23.5 Å². The van der Waals surface area contributed by atoms with E-state index in [1.807, 2.05) is 24.3 Å². The van der Waals surface area contributed by atoms with Crippen molar-refractivity contribution >= 4 is 17.9 Å². The van der Waals surface area contributed by atoms with Gasteiger partial charge < -0.3 is 19.5 Å². The fourth-order valence-corrected chi connectivity index (χ4v) is 5.66. The van der Waals surface area contributed by atoms with Gasteiger partial charge in [-0.3, -0.25) is 9.69 Å². The number of halogens is 2. The summed E-state index contributed by atoms with van der Waals surface area (Å²) in [7, 11) is 0. The van der Waals surface area contributed by atoms with Crippen LogP contribution in [0.4, 0.5) is 19.4 Å². The van der Waals surface area contributed by atoms with E-state index in [1.54, 1.807) is 19.9 Å². The molecule has 3 aliphatic rings. The third-order valence-electron chi connectivity index (χ3n) is 8.24. The van der Waals surface area contributed by atoms with Gasteiger partial charge in [0.2, 0.25) is 0 Å². The third-order valence-corrected chi connectivity index (χ3v) is 8.24. The van der Waals surface area contributed by atoms with Gasteiger partial charge in [-0.05, 0) is 80.1 Å². The molecule has 1 amide bonds. The number of phenolic OH excluding ortho intramolecular Hbond substituents is 1. The van der Waals surface area contributed by atoms with Gasteiger partial charge in [0.1, 0.15) is 17.7 Å². The van der Waals surface area contributed by atoms with Gasteiger partial charge in [0.15, 0.2) is 11.6 Å². The lowest BCUT2D eigenvalue weighted by molar-refractivity contribution is -0.144. The van der Waals surface area contributed by atoms with Crippen molar-refractivity contribution in [2.24, 2.45) is 5.92 Å². The van der Waals surface area contributed by atoms with E-state index >= 15 is 0 Å². The lowest BCUT2D eigenvalue weighted by Gasteiger charge is -2.33. The van der Waals surface area contributed by atoms with Crippen LogP contribution < -0.4 is 4.90 Å². The summed E-state index contributed by atoms with van der Waals surface area (Å²) in [6, 6.07) is 12.1. The highest BCUT2D eigenvalue weighted by molar-refractivity contribution is 5.79. The summed E-state index contributed by atoms with van der Waals surface area (Å²) in [6.45, 7) is 5.74. The highest BCUT2D eigenvalue weighted by Crippen LogP contribution is 2.50. The number of hydrogen-bond donors (Lipinski definition) is 1. The second-order valence-electron chi connectivity index (χ2n) is 10.8. The molecule has 41 heavy (non-hydrogen) atoms. The number of carbonyl (C=O) groups excluding carboxylic acids is 2. The van der Waals surface area contributed by atoms with Crippen LogP contribution in [0.25, 0.3) is 11.1 Å². The van der Waals surface area contributed by atoms with Crippen LogP contribution in [0.1, 0.15) is 55.5 Å². The first-order valence-electron chi connectivity index (χ1n) is 13.9.